The standard InChI is InChI=1S/C28H25Cl2F5O4S/c1-3-21(29)20(22(30)4-2)14-24(39-27(36)40-19-10-8-18(9-11-19)28(33,34)35)17-7-12-23(38-26(31)32)25(13-17)37-15-16-5-6-16/h3-4,7-13,16,24,26H,1,5-6,14-15H2,2H3/b21-20+,22-4+/t24-/m0/s1. The zero-order chi connectivity index (χ0) is 29.4. The molecule has 4 nitrogen and oxygen atoms in total. The first-order valence-corrected chi connectivity index (χ1v) is 13.6. The summed E-state index contributed by atoms with van der Waals surface area (Å²) >= 11 is 13.3. The Hall–Kier alpha value is -2.69. The van der Waals surface area contributed by atoms with Crippen molar-refractivity contribution in [3.05, 3.63) is 88.0 Å². The predicted octanol–water partition coefficient (Wildman–Crippen LogP) is 10.3. The maximum Gasteiger partial charge on any atom is 0.416 e. The molecule has 0 radical (unpaired) electrons. The van der Waals surface area contributed by atoms with E-state index in [9.17, 15) is 26.7 Å². The molecule has 3 rings (SSSR count). The first-order chi connectivity index (χ1) is 18.9. The summed E-state index contributed by atoms with van der Waals surface area (Å²) in [5.41, 5.74) is -0.102. The van der Waals surface area contributed by atoms with Crippen molar-refractivity contribution >= 4 is 40.3 Å². The first kappa shape index (κ1) is 31.8. The van der Waals surface area contributed by atoms with Gasteiger partial charge in [-0.15, -0.1) is 0 Å². The third-order valence-corrected chi connectivity index (χ3v) is 7.35. The van der Waals surface area contributed by atoms with Gasteiger partial charge in [-0.05, 0) is 85.0 Å². The van der Waals surface area contributed by atoms with Gasteiger partial charge in [-0.25, -0.2) is 4.79 Å². The molecule has 0 amide bonds. The Balaban J connectivity index is 1.93. The molecule has 2 aromatic rings. The van der Waals surface area contributed by atoms with Gasteiger partial charge in [0, 0.05) is 21.4 Å². The fraction of sp³-hybridized carbons (Fsp3) is 0.321. The van der Waals surface area contributed by atoms with Gasteiger partial charge in [-0.2, -0.15) is 22.0 Å². The van der Waals surface area contributed by atoms with Crippen LogP contribution in [0.5, 0.6) is 11.5 Å². The summed E-state index contributed by atoms with van der Waals surface area (Å²) in [6.07, 6.45) is -0.733. The molecule has 2 aromatic carbocycles. The maximum absolute atomic E-state index is 13.0. The molecule has 12 heteroatoms. The van der Waals surface area contributed by atoms with Crippen LogP contribution in [-0.2, 0) is 10.9 Å². The number of halogens is 7. The molecule has 40 heavy (non-hydrogen) atoms. The Morgan fingerprint density at radius 2 is 1.80 bits per heavy atom. The van der Waals surface area contributed by atoms with E-state index in [0.717, 1.165) is 37.1 Å². The SMILES string of the molecule is C=C/C(Cl)=C(C[C@H](OC(=O)Sc1ccc(C(F)(F)F)cc1)c1ccc(OC(F)F)c(OCC2CC2)c1)\C(Cl)=C/C. The van der Waals surface area contributed by atoms with Crippen LogP contribution < -0.4 is 9.47 Å². The van der Waals surface area contributed by atoms with Gasteiger partial charge in [-0.1, -0.05) is 48.0 Å². The Morgan fingerprint density at radius 1 is 1.12 bits per heavy atom. The summed E-state index contributed by atoms with van der Waals surface area (Å²) in [6.45, 7) is 2.54. The molecule has 1 atom stereocenters. The van der Waals surface area contributed by atoms with Crippen molar-refractivity contribution in [1.82, 2.24) is 0 Å². The number of alkyl halides is 5. The van der Waals surface area contributed by atoms with E-state index in [2.05, 4.69) is 11.3 Å². The Labute approximate surface area is 242 Å². The predicted molar refractivity (Wildman–Crippen MR) is 145 cm³/mol. The van der Waals surface area contributed by atoms with Crippen LogP contribution in [-0.4, -0.2) is 18.5 Å². The van der Waals surface area contributed by atoms with Crippen molar-refractivity contribution in [2.24, 2.45) is 5.92 Å². The summed E-state index contributed by atoms with van der Waals surface area (Å²) in [5, 5.41) is -0.365. The Kier molecular flexibility index (Phi) is 11.4. The molecule has 0 N–H and O–H groups in total. The van der Waals surface area contributed by atoms with E-state index in [4.69, 9.17) is 32.7 Å². The quantitative estimate of drug-likeness (QED) is 0.102. The highest BCUT2D eigenvalue weighted by atomic mass is 35.5. The average molecular weight is 623 g/mol. The number of ether oxygens (including phenoxy) is 3. The lowest BCUT2D eigenvalue weighted by molar-refractivity contribution is -0.137. The first-order valence-electron chi connectivity index (χ1n) is 12.0. The maximum atomic E-state index is 13.0. The lowest BCUT2D eigenvalue weighted by Gasteiger charge is -2.22. The van der Waals surface area contributed by atoms with Crippen LogP contribution in [0.4, 0.5) is 26.7 Å². The molecule has 1 saturated carbocycles. The van der Waals surface area contributed by atoms with E-state index in [1.807, 2.05) is 0 Å². The summed E-state index contributed by atoms with van der Waals surface area (Å²) < 4.78 is 80.7. The number of allylic oxidation sites excluding steroid dienone is 4. The highest BCUT2D eigenvalue weighted by molar-refractivity contribution is 8.13. The highest BCUT2D eigenvalue weighted by Crippen LogP contribution is 2.40. The van der Waals surface area contributed by atoms with Crippen molar-refractivity contribution in [3.8, 4) is 11.5 Å². The fourth-order valence-electron chi connectivity index (χ4n) is 3.49. The monoisotopic (exact) mass is 622 g/mol. The molecular formula is C28H25Cl2F5O4S. The van der Waals surface area contributed by atoms with Crippen molar-refractivity contribution < 1.29 is 41.0 Å². The molecule has 0 unspecified atom stereocenters. The van der Waals surface area contributed by atoms with Crippen molar-refractivity contribution in [2.45, 2.75) is 50.0 Å². The summed E-state index contributed by atoms with van der Waals surface area (Å²) in [4.78, 5) is 13.1. The topological polar surface area (TPSA) is 44.8 Å². The second kappa shape index (κ2) is 14.3. The zero-order valence-corrected chi connectivity index (χ0v) is 23.5. The van der Waals surface area contributed by atoms with Crippen LogP contribution in [0.25, 0.3) is 0 Å². The van der Waals surface area contributed by atoms with Crippen LogP contribution in [0.3, 0.4) is 0 Å². The van der Waals surface area contributed by atoms with E-state index in [1.54, 1.807) is 13.0 Å². The molecule has 0 aromatic heterocycles. The van der Waals surface area contributed by atoms with Crippen molar-refractivity contribution in [3.63, 3.8) is 0 Å². The summed E-state index contributed by atoms with van der Waals surface area (Å²) in [6, 6.07) is 8.17. The molecule has 0 heterocycles. The smallest absolute Gasteiger partial charge is 0.416 e. The molecule has 216 valence electrons. The van der Waals surface area contributed by atoms with Gasteiger partial charge in [0.1, 0.15) is 6.10 Å². The lowest BCUT2D eigenvalue weighted by Crippen LogP contribution is -2.11. The molecule has 0 aliphatic heterocycles. The minimum Gasteiger partial charge on any atom is -0.489 e. The van der Waals surface area contributed by atoms with Crippen LogP contribution in [0, 0.1) is 5.92 Å². The van der Waals surface area contributed by atoms with E-state index in [0.29, 0.717) is 35.4 Å². The van der Waals surface area contributed by atoms with E-state index in [1.165, 1.54) is 24.3 Å². The minimum absolute atomic E-state index is 0.0372. The number of benzene rings is 2. The number of carbonyl (C=O) groups excluding carboxylic acids is 1. The van der Waals surface area contributed by atoms with E-state index in [-0.39, 0.29) is 32.9 Å². The van der Waals surface area contributed by atoms with Gasteiger partial charge in [0.25, 0.3) is 0 Å². The van der Waals surface area contributed by atoms with Gasteiger partial charge in [0.2, 0.25) is 0 Å². The second-order valence-corrected chi connectivity index (χ2v) is 10.5. The van der Waals surface area contributed by atoms with Crippen LogP contribution in [0.2, 0.25) is 0 Å². The van der Waals surface area contributed by atoms with Crippen molar-refractivity contribution in [2.75, 3.05) is 6.61 Å². The number of thioether (sulfide) groups is 1. The molecular weight excluding hydrogens is 598 g/mol. The largest absolute Gasteiger partial charge is 0.489 e. The molecule has 0 spiro atoms. The van der Waals surface area contributed by atoms with Gasteiger partial charge < -0.3 is 14.2 Å². The molecule has 1 aliphatic rings. The van der Waals surface area contributed by atoms with E-state index >= 15 is 0 Å². The molecule has 0 bridgehead atoms. The van der Waals surface area contributed by atoms with Gasteiger partial charge in [-0.3, -0.25) is 0 Å². The lowest BCUT2D eigenvalue weighted by atomic mass is 9.99. The zero-order valence-electron chi connectivity index (χ0n) is 21.2. The number of rotatable bonds is 12. The highest BCUT2D eigenvalue weighted by Gasteiger charge is 2.30. The number of hydrogen-bond acceptors (Lipinski definition) is 5. The number of hydrogen-bond donors (Lipinski definition) is 0. The second-order valence-electron chi connectivity index (χ2n) is 8.69. The van der Waals surface area contributed by atoms with Gasteiger partial charge in [0.15, 0.2) is 11.5 Å². The number of carbonyl (C=O) groups is 1. The van der Waals surface area contributed by atoms with Crippen LogP contribution >= 0.6 is 35.0 Å². The normalized spacial score (nSPS) is 15.4. The summed E-state index contributed by atoms with van der Waals surface area (Å²) in [5.74, 6) is 0.167. The van der Waals surface area contributed by atoms with Crippen LogP contribution in [0.15, 0.2) is 81.7 Å². The molecule has 1 aliphatic carbocycles. The van der Waals surface area contributed by atoms with Gasteiger partial charge >= 0.3 is 18.1 Å². The Bertz CT molecular complexity index is 1260. The van der Waals surface area contributed by atoms with Gasteiger partial charge in [0.05, 0.1) is 12.2 Å². The third kappa shape index (κ3) is 9.45. The van der Waals surface area contributed by atoms with Crippen molar-refractivity contribution in [1.29, 1.82) is 0 Å². The van der Waals surface area contributed by atoms with Crippen LogP contribution in [0.1, 0.15) is 43.4 Å². The average Bonchev–Trinajstić information content (AvgIpc) is 3.73. The third-order valence-electron chi connectivity index (χ3n) is 5.75. The molecule has 0 saturated heterocycles. The fourth-order valence-corrected chi connectivity index (χ4v) is 4.53. The summed E-state index contributed by atoms with van der Waals surface area (Å²) in [7, 11) is 0. The minimum atomic E-state index is -4.52. The molecule has 1 fully saturated rings. The Morgan fingerprint density at radius 3 is 2.35 bits per heavy atom. The van der Waals surface area contributed by atoms with E-state index < -0.39 is 29.8 Å².